The van der Waals surface area contributed by atoms with Gasteiger partial charge in [0.2, 0.25) is 5.91 Å². The second kappa shape index (κ2) is 7.92. The molecule has 0 fully saturated rings. The molecular formula is C16H12F3N3O2S2. The van der Waals surface area contributed by atoms with Gasteiger partial charge in [-0.15, -0.1) is 24.9 Å². The summed E-state index contributed by atoms with van der Waals surface area (Å²) in [4.78, 5) is 20.2. The van der Waals surface area contributed by atoms with Crippen molar-refractivity contribution in [2.45, 2.75) is 12.1 Å². The Kier molecular flexibility index (Phi) is 5.62. The van der Waals surface area contributed by atoms with Crippen LogP contribution in [0.4, 0.5) is 18.3 Å². The molecule has 2 aromatic heterocycles. The Morgan fingerprint density at radius 1 is 1.31 bits per heavy atom. The van der Waals surface area contributed by atoms with E-state index in [4.69, 9.17) is 0 Å². The highest BCUT2D eigenvalue weighted by atomic mass is 32.2. The van der Waals surface area contributed by atoms with Crippen molar-refractivity contribution in [1.82, 2.24) is 9.97 Å². The van der Waals surface area contributed by atoms with Crippen molar-refractivity contribution in [3.05, 3.63) is 48.3 Å². The lowest BCUT2D eigenvalue weighted by Gasteiger charge is -2.07. The van der Waals surface area contributed by atoms with Crippen LogP contribution in [0.1, 0.15) is 5.56 Å². The highest BCUT2D eigenvalue weighted by Gasteiger charge is 2.31. The zero-order valence-corrected chi connectivity index (χ0v) is 14.7. The number of pyridine rings is 1. The van der Waals surface area contributed by atoms with Gasteiger partial charge in [-0.05, 0) is 23.8 Å². The minimum Gasteiger partial charge on any atom is -0.406 e. The lowest BCUT2D eigenvalue weighted by Crippen LogP contribution is -2.16. The standard InChI is InChI=1S/C16H12F3N3O2S2/c17-16(18,19)24-11-3-4-12-13(6-11)26-15(21-12)22-14(23)9-25-8-10-2-1-5-20-7-10/h1-7H,8-9H2,(H,21,22,23). The smallest absolute Gasteiger partial charge is 0.406 e. The third-order valence-electron chi connectivity index (χ3n) is 3.06. The van der Waals surface area contributed by atoms with Gasteiger partial charge in [-0.3, -0.25) is 9.78 Å². The van der Waals surface area contributed by atoms with E-state index in [0.717, 1.165) is 16.9 Å². The predicted octanol–water partition coefficient (Wildman–Crippen LogP) is 4.46. The lowest BCUT2D eigenvalue weighted by atomic mass is 10.3. The Morgan fingerprint density at radius 2 is 2.15 bits per heavy atom. The molecule has 26 heavy (non-hydrogen) atoms. The molecule has 3 rings (SSSR count). The molecule has 0 unspecified atom stereocenters. The minimum absolute atomic E-state index is 0.229. The van der Waals surface area contributed by atoms with E-state index in [1.54, 1.807) is 12.4 Å². The molecule has 136 valence electrons. The van der Waals surface area contributed by atoms with Gasteiger partial charge in [0.25, 0.3) is 0 Å². The van der Waals surface area contributed by atoms with Crippen molar-refractivity contribution in [2.75, 3.05) is 11.1 Å². The Morgan fingerprint density at radius 3 is 2.88 bits per heavy atom. The fourth-order valence-electron chi connectivity index (χ4n) is 2.06. The van der Waals surface area contributed by atoms with Crippen LogP contribution in [0, 0.1) is 0 Å². The number of halogens is 3. The van der Waals surface area contributed by atoms with Crippen LogP contribution < -0.4 is 10.1 Å². The van der Waals surface area contributed by atoms with E-state index in [1.807, 2.05) is 12.1 Å². The molecule has 0 aliphatic carbocycles. The Labute approximate surface area is 154 Å². The first kappa shape index (κ1) is 18.5. The molecule has 0 aliphatic heterocycles. The van der Waals surface area contributed by atoms with E-state index in [2.05, 4.69) is 20.0 Å². The molecule has 1 N–H and O–H groups in total. The molecule has 10 heteroatoms. The number of thioether (sulfide) groups is 1. The van der Waals surface area contributed by atoms with Gasteiger partial charge in [0, 0.05) is 24.2 Å². The quantitative estimate of drug-likeness (QED) is 0.663. The van der Waals surface area contributed by atoms with Gasteiger partial charge in [0.15, 0.2) is 5.13 Å². The Hall–Kier alpha value is -2.33. The summed E-state index contributed by atoms with van der Waals surface area (Å²) in [5.74, 6) is 0.329. The molecule has 0 spiro atoms. The first-order valence-electron chi connectivity index (χ1n) is 7.32. The molecule has 1 aromatic carbocycles. The Bertz CT molecular complexity index is 901. The number of hydrogen-bond donors (Lipinski definition) is 1. The van der Waals surface area contributed by atoms with Gasteiger partial charge in [-0.2, -0.15) is 0 Å². The topological polar surface area (TPSA) is 64.1 Å². The molecule has 2 heterocycles. The maximum Gasteiger partial charge on any atom is 0.573 e. The number of hydrogen-bond acceptors (Lipinski definition) is 6. The first-order valence-corrected chi connectivity index (χ1v) is 9.29. The highest BCUT2D eigenvalue weighted by molar-refractivity contribution is 7.99. The highest BCUT2D eigenvalue weighted by Crippen LogP contribution is 2.31. The summed E-state index contributed by atoms with van der Waals surface area (Å²) in [5, 5.41) is 2.98. The SMILES string of the molecule is O=C(CSCc1cccnc1)Nc1nc2ccc(OC(F)(F)F)cc2s1. The molecule has 0 saturated heterocycles. The number of fused-ring (bicyclic) bond motifs is 1. The number of carbonyl (C=O) groups is 1. The van der Waals surface area contributed by atoms with Crippen molar-refractivity contribution < 1.29 is 22.7 Å². The van der Waals surface area contributed by atoms with Crippen molar-refractivity contribution in [2.24, 2.45) is 0 Å². The van der Waals surface area contributed by atoms with Gasteiger partial charge in [-0.25, -0.2) is 4.98 Å². The number of anilines is 1. The molecule has 0 radical (unpaired) electrons. The number of thiazole rings is 1. The van der Waals surface area contributed by atoms with E-state index < -0.39 is 6.36 Å². The van der Waals surface area contributed by atoms with E-state index in [9.17, 15) is 18.0 Å². The van der Waals surface area contributed by atoms with Crippen LogP contribution in [-0.4, -0.2) is 28.0 Å². The summed E-state index contributed by atoms with van der Waals surface area (Å²) < 4.78 is 41.2. The van der Waals surface area contributed by atoms with Gasteiger partial charge >= 0.3 is 6.36 Å². The van der Waals surface area contributed by atoms with E-state index in [-0.39, 0.29) is 17.4 Å². The van der Waals surface area contributed by atoms with Crippen LogP contribution in [-0.2, 0) is 10.5 Å². The first-order chi connectivity index (χ1) is 12.4. The summed E-state index contributed by atoms with van der Waals surface area (Å²) in [7, 11) is 0. The minimum atomic E-state index is -4.75. The Balaban J connectivity index is 1.57. The summed E-state index contributed by atoms with van der Waals surface area (Å²) in [6, 6.07) is 7.60. The number of nitrogens with one attached hydrogen (secondary N) is 1. The zero-order valence-electron chi connectivity index (χ0n) is 13.1. The predicted molar refractivity (Wildman–Crippen MR) is 95.3 cm³/mol. The lowest BCUT2D eigenvalue weighted by molar-refractivity contribution is -0.274. The molecule has 5 nitrogen and oxygen atoms in total. The average molecular weight is 399 g/mol. The van der Waals surface area contributed by atoms with Crippen molar-refractivity contribution >= 4 is 44.4 Å². The fourth-order valence-corrected chi connectivity index (χ4v) is 3.73. The van der Waals surface area contributed by atoms with Crippen LogP contribution in [0.2, 0.25) is 0 Å². The van der Waals surface area contributed by atoms with Crippen LogP contribution in [0.15, 0.2) is 42.7 Å². The van der Waals surface area contributed by atoms with Gasteiger partial charge in [0.05, 0.1) is 16.0 Å². The number of aromatic nitrogens is 2. The van der Waals surface area contributed by atoms with Gasteiger partial charge in [-0.1, -0.05) is 17.4 Å². The number of carbonyl (C=O) groups excluding carboxylic acids is 1. The monoisotopic (exact) mass is 399 g/mol. The molecule has 3 aromatic rings. The fraction of sp³-hybridized carbons (Fsp3) is 0.188. The zero-order chi connectivity index (χ0) is 18.6. The average Bonchev–Trinajstić information content (AvgIpc) is 2.95. The maximum absolute atomic E-state index is 12.3. The number of rotatable bonds is 6. The largest absolute Gasteiger partial charge is 0.573 e. The van der Waals surface area contributed by atoms with Crippen LogP contribution in [0.5, 0.6) is 5.75 Å². The normalized spacial score (nSPS) is 11.5. The van der Waals surface area contributed by atoms with E-state index in [0.29, 0.717) is 21.1 Å². The molecule has 0 saturated carbocycles. The van der Waals surface area contributed by atoms with Crippen molar-refractivity contribution in [3.8, 4) is 5.75 Å². The van der Waals surface area contributed by atoms with Crippen molar-refractivity contribution in [3.63, 3.8) is 0 Å². The molecule has 0 atom stereocenters. The molecule has 0 bridgehead atoms. The second-order valence-electron chi connectivity index (χ2n) is 5.10. The number of nitrogens with zero attached hydrogens (tertiary/aromatic N) is 2. The maximum atomic E-state index is 12.3. The van der Waals surface area contributed by atoms with Crippen LogP contribution in [0.3, 0.4) is 0 Å². The van der Waals surface area contributed by atoms with Gasteiger partial charge in [0.1, 0.15) is 5.75 Å². The molecular weight excluding hydrogens is 387 g/mol. The van der Waals surface area contributed by atoms with Crippen LogP contribution >= 0.6 is 23.1 Å². The number of alkyl halides is 3. The van der Waals surface area contributed by atoms with Gasteiger partial charge < -0.3 is 10.1 Å². The summed E-state index contributed by atoms with van der Waals surface area (Å²) in [6.45, 7) is 0. The van der Waals surface area contributed by atoms with Crippen molar-refractivity contribution in [1.29, 1.82) is 0 Å². The number of benzene rings is 1. The summed E-state index contributed by atoms with van der Waals surface area (Å²) in [6.07, 6.45) is -1.33. The number of amides is 1. The second-order valence-corrected chi connectivity index (χ2v) is 7.11. The third kappa shape index (κ3) is 5.33. The van der Waals surface area contributed by atoms with E-state index >= 15 is 0 Å². The summed E-state index contributed by atoms with van der Waals surface area (Å²) >= 11 is 2.52. The molecule has 1 amide bonds. The van der Waals surface area contributed by atoms with Crippen LogP contribution in [0.25, 0.3) is 10.2 Å². The summed E-state index contributed by atoms with van der Waals surface area (Å²) in [5.41, 5.74) is 1.50. The third-order valence-corrected chi connectivity index (χ3v) is 5.00. The van der Waals surface area contributed by atoms with E-state index in [1.165, 1.54) is 30.0 Å². The number of ether oxygens (including phenoxy) is 1. The molecule has 0 aliphatic rings.